The number of carbonyl (C=O) groups is 1. The molecular weight excluding hydrogens is 454 g/mol. The lowest BCUT2D eigenvalue weighted by Gasteiger charge is -2.42. The Bertz CT molecular complexity index is 1510. The number of benzene rings is 1. The maximum absolute atomic E-state index is 13.0. The predicted molar refractivity (Wildman–Crippen MR) is 125 cm³/mol. The van der Waals surface area contributed by atoms with Crippen LogP contribution in [0, 0.1) is 16.0 Å². The maximum Gasteiger partial charge on any atom is 0.339 e. The quantitative estimate of drug-likeness (QED) is 0.321. The van der Waals surface area contributed by atoms with Gasteiger partial charge in [-0.15, -0.1) is 0 Å². The molecule has 1 aromatic carbocycles. The number of aryl methyl sites for hydroxylation is 1. The fraction of sp³-hybridized carbons (Fsp3) is 0.400. The molecule has 1 amide bonds. The molecule has 10 heteroatoms. The number of likely N-dealkylation sites (tertiary alicyclic amines) is 1. The molecule has 1 aliphatic carbocycles. The highest BCUT2D eigenvalue weighted by Gasteiger charge is 2.37. The Balaban J connectivity index is 1.17. The van der Waals surface area contributed by atoms with E-state index in [1.165, 1.54) is 10.6 Å². The summed E-state index contributed by atoms with van der Waals surface area (Å²) in [7, 11) is 0. The predicted octanol–water partition coefficient (Wildman–Crippen LogP) is 2.38. The number of amides is 1. The van der Waals surface area contributed by atoms with Crippen molar-refractivity contribution in [3.8, 4) is 5.75 Å². The van der Waals surface area contributed by atoms with Crippen molar-refractivity contribution in [3.05, 3.63) is 78.0 Å². The zero-order chi connectivity index (χ0) is 24.3. The maximum atomic E-state index is 13.0. The van der Waals surface area contributed by atoms with Crippen LogP contribution in [0.4, 0.5) is 5.69 Å². The minimum Gasteiger partial charge on any atom is -0.484 e. The Morgan fingerprint density at radius 2 is 1.94 bits per heavy atom. The summed E-state index contributed by atoms with van der Waals surface area (Å²) >= 11 is 0. The topological polar surface area (TPSA) is 125 Å². The molecule has 0 saturated carbocycles. The number of ether oxygens (including phenoxy) is 1. The molecule has 0 unspecified atom stereocenters. The number of pyridine rings is 1. The van der Waals surface area contributed by atoms with E-state index in [0.29, 0.717) is 31.0 Å². The van der Waals surface area contributed by atoms with Gasteiger partial charge in [0.15, 0.2) is 6.61 Å². The standard InChI is InChI=1S/C25H23N3O7/c29-23(13-34-16-4-5-18-17-2-1-3-19(17)25(31)35-22(18)9-16)26-10-14-8-15(12-26)20-6-7-21(28(32)33)24(30)27(20)11-14/h4-7,9,14-15H,1-3,8,10-13H2/t14-,15+/m1/s1. The summed E-state index contributed by atoms with van der Waals surface area (Å²) in [4.78, 5) is 49.9. The lowest BCUT2D eigenvalue weighted by atomic mass is 9.83. The Hall–Kier alpha value is -3.95. The molecule has 3 aliphatic rings. The molecule has 2 bridgehead atoms. The first kappa shape index (κ1) is 21.6. The molecule has 0 radical (unpaired) electrons. The smallest absolute Gasteiger partial charge is 0.339 e. The summed E-state index contributed by atoms with van der Waals surface area (Å²) in [6, 6.07) is 8.20. The Kier molecular flexibility index (Phi) is 4.98. The van der Waals surface area contributed by atoms with E-state index in [0.717, 1.165) is 47.9 Å². The van der Waals surface area contributed by atoms with Crippen molar-refractivity contribution in [3.63, 3.8) is 0 Å². The molecular formula is C25H23N3O7. The molecule has 3 aromatic rings. The first-order chi connectivity index (χ1) is 16.9. The second-order valence-corrected chi connectivity index (χ2v) is 9.56. The zero-order valence-electron chi connectivity index (χ0n) is 18.9. The molecule has 2 aliphatic heterocycles. The molecule has 1 fully saturated rings. The molecule has 0 N–H and O–H groups in total. The number of hydrogen-bond acceptors (Lipinski definition) is 7. The first-order valence-electron chi connectivity index (χ1n) is 11.8. The van der Waals surface area contributed by atoms with Crippen LogP contribution < -0.4 is 15.9 Å². The van der Waals surface area contributed by atoms with Gasteiger partial charge in [0.25, 0.3) is 5.91 Å². The monoisotopic (exact) mass is 477 g/mol. The average Bonchev–Trinajstić information content (AvgIpc) is 3.34. The highest BCUT2D eigenvalue weighted by atomic mass is 16.6. The van der Waals surface area contributed by atoms with Gasteiger partial charge in [-0.2, -0.15) is 0 Å². The van der Waals surface area contributed by atoms with Gasteiger partial charge in [-0.25, -0.2) is 4.79 Å². The summed E-state index contributed by atoms with van der Waals surface area (Å²) in [5.74, 6) is 0.264. The van der Waals surface area contributed by atoms with E-state index in [9.17, 15) is 24.5 Å². The Labute approximate surface area is 198 Å². The number of carbonyl (C=O) groups excluding carboxylic acids is 1. The van der Waals surface area contributed by atoms with E-state index in [1.807, 2.05) is 6.07 Å². The molecule has 6 rings (SSSR count). The lowest BCUT2D eigenvalue weighted by Crippen LogP contribution is -2.50. The number of rotatable bonds is 4. The third-order valence-corrected chi connectivity index (χ3v) is 7.44. The van der Waals surface area contributed by atoms with Gasteiger partial charge < -0.3 is 18.6 Å². The van der Waals surface area contributed by atoms with Crippen molar-refractivity contribution in [2.45, 2.75) is 38.1 Å². The minimum atomic E-state index is -0.654. The molecule has 1 saturated heterocycles. The molecule has 2 atom stereocenters. The summed E-state index contributed by atoms with van der Waals surface area (Å²) in [6.07, 6.45) is 3.37. The van der Waals surface area contributed by atoms with Crippen molar-refractivity contribution in [1.29, 1.82) is 0 Å². The largest absolute Gasteiger partial charge is 0.484 e. The minimum absolute atomic E-state index is 0.0435. The van der Waals surface area contributed by atoms with Gasteiger partial charge in [-0.3, -0.25) is 19.7 Å². The summed E-state index contributed by atoms with van der Waals surface area (Å²) in [5.41, 5.74) is 1.68. The molecule has 0 spiro atoms. The number of fused-ring (bicyclic) bond motifs is 7. The summed E-state index contributed by atoms with van der Waals surface area (Å²) in [6.45, 7) is 1.08. The van der Waals surface area contributed by atoms with E-state index >= 15 is 0 Å². The average molecular weight is 477 g/mol. The molecule has 10 nitrogen and oxygen atoms in total. The third kappa shape index (κ3) is 3.60. The van der Waals surface area contributed by atoms with Crippen LogP contribution in [0.5, 0.6) is 5.75 Å². The van der Waals surface area contributed by atoms with Crippen LogP contribution in [0.1, 0.15) is 35.6 Å². The molecule has 2 aromatic heterocycles. The van der Waals surface area contributed by atoms with Gasteiger partial charge in [0.05, 0.1) is 4.92 Å². The van der Waals surface area contributed by atoms with E-state index in [4.69, 9.17) is 9.15 Å². The van der Waals surface area contributed by atoms with Crippen molar-refractivity contribution in [1.82, 2.24) is 9.47 Å². The van der Waals surface area contributed by atoms with Crippen molar-refractivity contribution >= 4 is 22.6 Å². The summed E-state index contributed by atoms with van der Waals surface area (Å²) < 4.78 is 12.7. The number of aromatic nitrogens is 1. The van der Waals surface area contributed by atoms with Crippen LogP contribution in [0.25, 0.3) is 11.0 Å². The molecule has 35 heavy (non-hydrogen) atoms. The highest BCUT2D eigenvalue weighted by molar-refractivity contribution is 5.83. The van der Waals surface area contributed by atoms with Crippen LogP contribution in [0.3, 0.4) is 0 Å². The fourth-order valence-corrected chi connectivity index (χ4v) is 5.87. The number of nitrogens with zero attached hydrogens (tertiary/aromatic N) is 3. The van der Waals surface area contributed by atoms with Crippen LogP contribution in [-0.2, 0) is 24.2 Å². The Morgan fingerprint density at radius 1 is 1.11 bits per heavy atom. The van der Waals surface area contributed by atoms with Gasteiger partial charge in [0.1, 0.15) is 11.3 Å². The van der Waals surface area contributed by atoms with Gasteiger partial charge in [0.2, 0.25) is 0 Å². The third-order valence-electron chi connectivity index (χ3n) is 7.44. The van der Waals surface area contributed by atoms with E-state index in [-0.39, 0.29) is 30.0 Å². The zero-order valence-corrected chi connectivity index (χ0v) is 18.9. The summed E-state index contributed by atoms with van der Waals surface area (Å²) in [5, 5.41) is 12.0. The van der Waals surface area contributed by atoms with Crippen molar-refractivity contribution < 1.29 is 18.9 Å². The van der Waals surface area contributed by atoms with Crippen LogP contribution in [0.15, 0.2) is 44.3 Å². The molecule has 180 valence electrons. The number of nitro groups is 1. The second-order valence-electron chi connectivity index (χ2n) is 9.56. The SMILES string of the molecule is O=C(COc1ccc2c3c(c(=O)oc2c1)CCC3)N1C[C@H]2C[C@@H](C1)c1ccc([N+](=O)[O-])c(=O)n1C2. The van der Waals surface area contributed by atoms with Crippen molar-refractivity contribution in [2.75, 3.05) is 19.7 Å². The van der Waals surface area contributed by atoms with Gasteiger partial charge in [0, 0.05) is 54.3 Å². The van der Waals surface area contributed by atoms with Gasteiger partial charge >= 0.3 is 16.9 Å². The highest BCUT2D eigenvalue weighted by Crippen LogP contribution is 2.36. The van der Waals surface area contributed by atoms with Gasteiger partial charge in [-0.05, 0) is 55.4 Å². The van der Waals surface area contributed by atoms with E-state index in [2.05, 4.69) is 0 Å². The fourth-order valence-electron chi connectivity index (χ4n) is 5.87. The van der Waals surface area contributed by atoms with E-state index < -0.39 is 16.2 Å². The second kappa shape index (κ2) is 8.07. The van der Waals surface area contributed by atoms with Crippen LogP contribution >= 0.6 is 0 Å². The van der Waals surface area contributed by atoms with Gasteiger partial charge in [-0.1, -0.05) is 0 Å². The van der Waals surface area contributed by atoms with Crippen LogP contribution in [-0.4, -0.2) is 40.0 Å². The first-order valence-corrected chi connectivity index (χ1v) is 11.8. The number of hydrogen-bond donors (Lipinski definition) is 0. The lowest BCUT2D eigenvalue weighted by molar-refractivity contribution is -0.386. The van der Waals surface area contributed by atoms with Crippen LogP contribution in [0.2, 0.25) is 0 Å². The number of piperidine rings is 1. The normalized spacial score (nSPS) is 20.4. The Morgan fingerprint density at radius 3 is 2.77 bits per heavy atom. The molecule has 4 heterocycles. The van der Waals surface area contributed by atoms with Crippen molar-refractivity contribution in [2.24, 2.45) is 5.92 Å². The van der Waals surface area contributed by atoms with E-state index in [1.54, 1.807) is 23.1 Å².